The van der Waals surface area contributed by atoms with Gasteiger partial charge in [-0.05, 0) is 38.0 Å². The molecule has 22 heavy (non-hydrogen) atoms. The molecule has 2 rings (SSSR count). The molecule has 5 heteroatoms. The highest BCUT2D eigenvalue weighted by molar-refractivity contribution is 5.74. The SMILES string of the molecule is CCNC(=O)N1CCN(CCOc2cc(C)ccc2C)CC1. The molecule has 0 atom stereocenters. The van der Waals surface area contributed by atoms with Crippen LogP contribution in [0, 0.1) is 13.8 Å². The van der Waals surface area contributed by atoms with Crippen LogP contribution in [-0.2, 0) is 0 Å². The topological polar surface area (TPSA) is 44.8 Å². The third-order valence-corrected chi connectivity index (χ3v) is 4.00. The number of benzene rings is 1. The van der Waals surface area contributed by atoms with Crippen molar-refractivity contribution in [1.29, 1.82) is 0 Å². The van der Waals surface area contributed by atoms with Crippen molar-refractivity contribution in [3.8, 4) is 5.75 Å². The van der Waals surface area contributed by atoms with Crippen LogP contribution in [-0.4, -0.2) is 61.7 Å². The van der Waals surface area contributed by atoms with Crippen LogP contribution in [0.25, 0.3) is 0 Å². The van der Waals surface area contributed by atoms with Gasteiger partial charge >= 0.3 is 6.03 Å². The molecule has 0 spiro atoms. The van der Waals surface area contributed by atoms with E-state index in [9.17, 15) is 4.79 Å². The number of nitrogens with one attached hydrogen (secondary N) is 1. The van der Waals surface area contributed by atoms with Crippen LogP contribution < -0.4 is 10.1 Å². The second kappa shape index (κ2) is 8.03. The number of urea groups is 1. The number of piperazine rings is 1. The summed E-state index contributed by atoms with van der Waals surface area (Å²) in [6, 6.07) is 6.33. The predicted octanol–water partition coefficient (Wildman–Crippen LogP) is 2.03. The molecule has 1 aliphatic rings. The first-order valence-corrected chi connectivity index (χ1v) is 8.05. The molecule has 1 aromatic carbocycles. The summed E-state index contributed by atoms with van der Waals surface area (Å²) in [4.78, 5) is 16.0. The smallest absolute Gasteiger partial charge is 0.317 e. The van der Waals surface area contributed by atoms with Crippen LogP contribution in [0.1, 0.15) is 18.1 Å². The third kappa shape index (κ3) is 4.63. The summed E-state index contributed by atoms with van der Waals surface area (Å²) in [5.74, 6) is 0.973. The highest BCUT2D eigenvalue weighted by atomic mass is 16.5. The number of amides is 2. The van der Waals surface area contributed by atoms with Gasteiger partial charge in [-0.2, -0.15) is 0 Å². The van der Waals surface area contributed by atoms with Crippen molar-refractivity contribution in [2.75, 3.05) is 45.9 Å². The Morgan fingerprint density at radius 2 is 1.95 bits per heavy atom. The summed E-state index contributed by atoms with van der Waals surface area (Å²) in [7, 11) is 0. The van der Waals surface area contributed by atoms with Crippen molar-refractivity contribution in [1.82, 2.24) is 15.1 Å². The van der Waals surface area contributed by atoms with Crippen molar-refractivity contribution in [3.63, 3.8) is 0 Å². The van der Waals surface area contributed by atoms with Crippen LogP contribution in [0.15, 0.2) is 18.2 Å². The van der Waals surface area contributed by atoms with E-state index in [4.69, 9.17) is 4.74 Å². The van der Waals surface area contributed by atoms with Gasteiger partial charge in [0.05, 0.1) is 0 Å². The van der Waals surface area contributed by atoms with Crippen molar-refractivity contribution in [2.45, 2.75) is 20.8 Å². The van der Waals surface area contributed by atoms with Crippen LogP contribution in [0.2, 0.25) is 0 Å². The lowest BCUT2D eigenvalue weighted by atomic mass is 10.1. The Bertz CT molecular complexity index is 497. The zero-order chi connectivity index (χ0) is 15.9. The van der Waals surface area contributed by atoms with Gasteiger partial charge in [0.25, 0.3) is 0 Å². The lowest BCUT2D eigenvalue weighted by Gasteiger charge is -2.34. The quantitative estimate of drug-likeness (QED) is 0.905. The molecule has 1 heterocycles. The van der Waals surface area contributed by atoms with Crippen molar-refractivity contribution in [3.05, 3.63) is 29.3 Å². The summed E-state index contributed by atoms with van der Waals surface area (Å²) < 4.78 is 5.90. The standard InChI is InChI=1S/C17H27N3O2/c1-4-18-17(21)20-9-7-19(8-10-20)11-12-22-16-13-14(2)5-6-15(16)3/h5-6,13H,4,7-12H2,1-3H3,(H,18,21). The fourth-order valence-electron chi connectivity index (χ4n) is 2.59. The Morgan fingerprint density at radius 1 is 1.23 bits per heavy atom. The second-order valence-corrected chi connectivity index (χ2v) is 5.78. The van der Waals surface area contributed by atoms with E-state index in [1.807, 2.05) is 11.8 Å². The monoisotopic (exact) mass is 305 g/mol. The van der Waals surface area contributed by atoms with Crippen LogP contribution in [0.5, 0.6) is 5.75 Å². The highest BCUT2D eigenvalue weighted by Gasteiger charge is 2.20. The zero-order valence-electron chi connectivity index (χ0n) is 13.9. The van der Waals surface area contributed by atoms with Gasteiger partial charge in [-0.3, -0.25) is 4.90 Å². The predicted molar refractivity (Wildman–Crippen MR) is 88.5 cm³/mol. The van der Waals surface area contributed by atoms with Gasteiger partial charge in [-0.15, -0.1) is 0 Å². The fourth-order valence-corrected chi connectivity index (χ4v) is 2.59. The molecule has 0 radical (unpaired) electrons. The Labute approximate surface area is 133 Å². The number of hydrogen-bond acceptors (Lipinski definition) is 3. The molecule has 1 aromatic rings. The molecule has 0 aliphatic carbocycles. The van der Waals surface area contributed by atoms with Crippen molar-refractivity contribution in [2.24, 2.45) is 0 Å². The largest absolute Gasteiger partial charge is 0.492 e. The molecule has 1 N–H and O–H groups in total. The number of hydrogen-bond donors (Lipinski definition) is 1. The van der Waals surface area contributed by atoms with Gasteiger partial charge in [0.2, 0.25) is 0 Å². The number of carbonyl (C=O) groups is 1. The van der Waals surface area contributed by atoms with Gasteiger partial charge in [0, 0.05) is 39.3 Å². The minimum absolute atomic E-state index is 0.0498. The molecule has 122 valence electrons. The highest BCUT2D eigenvalue weighted by Crippen LogP contribution is 2.19. The first-order valence-electron chi connectivity index (χ1n) is 8.05. The van der Waals surface area contributed by atoms with Crippen molar-refractivity contribution < 1.29 is 9.53 Å². The van der Waals surface area contributed by atoms with Gasteiger partial charge in [0.15, 0.2) is 0 Å². The Morgan fingerprint density at radius 3 is 2.64 bits per heavy atom. The third-order valence-electron chi connectivity index (χ3n) is 4.00. The molecular formula is C17H27N3O2. The molecule has 0 bridgehead atoms. The zero-order valence-corrected chi connectivity index (χ0v) is 13.9. The van der Waals surface area contributed by atoms with E-state index in [0.717, 1.165) is 38.5 Å². The molecule has 5 nitrogen and oxygen atoms in total. The van der Waals surface area contributed by atoms with E-state index in [1.165, 1.54) is 11.1 Å². The molecule has 0 aromatic heterocycles. The average Bonchev–Trinajstić information content (AvgIpc) is 2.51. The number of aryl methyl sites for hydroxylation is 2. The number of ether oxygens (including phenoxy) is 1. The molecule has 2 amide bonds. The van der Waals surface area contributed by atoms with E-state index >= 15 is 0 Å². The molecule has 1 fully saturated rings. The van der Waals surface area contributed by atoms with Gasteiger partial charge in [-0.1, -0.05) is 12.1 Å². The van der Waals surface area contributed by atoms with Gasteiger partial charge in [-0.25, -0.2) is 4.79 Å². The van der Waals surface area contributed by atoms with E-state index in [2.05, 4.69) is 42.3 Å². The van der Waals surface area contributed by atoms with Crippen molar-refractivity contribution >= 4 is 6.03 Å². The summed E-state index contributed by atoms with van der Waals surface area (Å²) >= 11 is 0. The van der Waals surface area contributed by atoms with Gasteiger partial charge < -0.3 is 15.0 Å². The van der Waals surface area contributed by atoms with E-state index in [1.54, 1.807) is 0 Å². The molecule has 0 saturated carbocycles. The Kier molecular flexibility index (Phi) is 6.07. The lowest BCUT2D eigenvalue weighted by Crippen LogP contribution is -2.52. The molecule has 0 unspecified atom stereocenters. The average molecular weight is 305 g/mol. The molecular weight excluding hydrogens is 278 g/mol. The minimum atomic E-state index is 0.0498. The molecule has 1 saturated heterocycles. The summed E-state index contributed by atoms with van der Waals surface area (Å²) in [6.45, 7) is 11.8. The summed E-state index contributed by atoms with van der Waals surface area (Å²) in [6.07, 6.45) is 0. The van der Waals surface area contributed by atoms with Crippen LogP contribution in [0.4, 0.5) is 4.79 Å². The fraction of sp³-hybridized carbons (Fsp3) is 0.588. The maximum Gasteiger partial charge on any atom is 0.317 e. The maximum atomic E-state index is 11.7. The summed E-state index contributed by atoms with van der Waals surface area (Å²) in [5.41, 5.74) is 2.39. The first-order chi connectivity index (χ1) is 10.6. The maximum absolute atomic E-state index is 11.7. The second-order valence-electron chi connectivity index (χ2n) is 5.78. The van der Waals surface area contributed by atoms with E-state index in [-0.39, 0.29) is 6.03 Å². The Balaban J connectivity index is 1.71. The lowest BCUT2D eigenvalue weighted by molar-refractivity contribution is 0.126. The number of carbonyl (C=O) groups excluding carboxylic acids is 1. The van der Waals surface area contributed by atoms with E-state index in [0.29, 0.717) is 13.2 Å². The molecule has 1 aliphatic heterocycles. The van der Waals surface area contributed by atoms with Crippen LogP contribution >= 0.6 is 0 Å². The normalized spacial score (nSPS) is 15.7. The van der Waals surface area contributed by atoms with E-state index < -0.39 is 0 Å². The minimum Gasteiger partial charge on any atom is -0.492 e. The Hall–Kier alpha value is -1.75. The van der Waals surface area contributed by atoms with Gasteiger partial charge in [0.1, 0.15) is 12.4 Å². The summed E-state index contributed by atoms with van der Waals surface area (Å²) in [5, 5.41) is 2.85. The number of rotatable bonds is 5. The van der Waals surface area contributed by atoms with Crippen LogP contribution in [0.3, 0.4) is 0 Å². The number of nitrogens with zero attached hydrogens (tertiary/aromatic N) is 2. The first kappa shape index (κ1) is 16.6.